The topological polar surface area (TPSA) is 64.1 Å². The zero-order valence-corrected chi connectivity index (χ0v) is 21.3. The third kappa shape index (κ3) is 5.39. The van der Waals surface area contributed by atoms with Crippen molar-refractivity contribution in [3.8, 4) is 22.6 Å². The van der Waals surface area contributed by atoms with E-state index in [2.05, 4.69) is 22.0 Å². The van der Waals surface area contributed by atoms with Crippen LogP contribution >= 0.6 is 0 Å². The Morgan fingerprint density at radius 2 is 1.70 bits per heavy atom. The number of hydrogen-bond donors (Lipinski definition) is 0. The molecule has 3 aromatic rings. The molecule has 0 atom stereocenters. The summed E-state index contributed by atoms with van der Waals surface area (Å²) in [6.45, 7) is 7.79. The van der Waals surface area contributed by atoms with Crippen LogP contribution in [0, 0.1) is 5.82 Å². The molecule has 0 aliphatic carbocycles. The molecule has 5 rings (SSSR count). The SMILES string of the molecule is CCOc1cc(CN2CCC3(CC2)CN(c2cccnc2)C(=O)O3)cc(OCC)c1-c1ccc(F)cc1. The largest absolute Gasteiger partial charge is 0.493 e. The van der Waals surface area contributed by atoms with Crippen LogP contribution in [0.15, 0.2) is 60.9 Å². The van der Waals surface area contributed by atoms with Crippen molar-refractivity contribution in [1.29, 1.82) is 0 Å². The van der Waals surface area contributed by atoms with Gasteiger partial charge >= 0.3 is 6.09 Å². The molecule has 1 amide bonds. The molecule has 1 aromatic heterocycles. The fourth-order valence-electron chi connectivity index (χ4n) is 5.15. The van der Waals surface area contributed by atoms with Gasteiger partial charge in [-0.2, -0.15) is 0 Å². The van der Waals surface area contributed by atoms with Crippen molar-refractivity contribution in [2.24, 2.45) is 0 Å². The molecule has 2 saturated heterocycles. The standard InChI is InChI=1S/C29H32FN3O4/c1-3-35-25-16-21(17-26(36-4-2)27(25)22-7-9-23(30)10-8-22)19-32-14-11-29(12-15-32)20-33(28(34)37-29)24-6-5-13-31-18-24/h5-10,13,16-18H,3-4,11-12,14-15,19-20H2,1-2H3. The van der Waals surface area contributed by atoms with E-state index in [0.29, 0.717) is 19.8 Å². The van der Waals surface area contributed by atoms with Crippen LogP contribution in [0.3, 0.4) is 0 Å². The van der Waals surface area contributed by atoms with E-state index >= 15 is 0 Å². The molecule has 0 saturated carbocycles. The lowest BCUT2D eigenvalue weighted by atomic mass is 9.91. The maximum Gasteiger partial charge on any atom is 0.415 e. The molecule has 2 fully saturated rings. The monoisotopic (exact) mass is 505 g/mol. The second kappa shape index (κ2) is 10.8. The molecule has 8 heteroatoms. The van der Waals surface area contributed by atoms with E-state index in [1.807, 2.05) is 26.0 Å². The van der Waals surface area contributed by atoms with Crippen molar-refractivity contribution >= 4 is 11.8 Å². The van der Waals surface area contributed by atoms with Gasteiger partial charge in [-0.15, -0.1) is 0 Å². The summed E-state index contributed by atoms with van der Waals surface area (Å²) in [6, 6.07) is 14.2. The number of benzene rings is 2. The van der Waals surface area contributed by atoms with E-state index in [0.717, 1.165) is 66.4 Å². The minimum absolute atomic E-state index is 0.282. The summed E-state index contributed by atoms with van der Waals surface area (Å²) >= 11 is 0. The van der Waals surface area contributed by atoms with E-state index in [1.54, 1.807) is 29.4 Å². The Kier molecular flexibility index (Phi) is 7.28. The second-order valence-corrected chi connectivity index (χ2v) is 9.46. The van der Waals surface area contributed by atoms with E-state index in [-0.39, 0.29) is 11.9 Å². The number of hydrogen-bond acceptors (Lipinski definition) is 6. The van der Waals surface area contributed by atoms with Crippen LogP contribution in [-0.2, 0) is 11.3 Å². The fraction of sp³-hybridized carbons (Fsp3) is 0.379. The van der Waals surface area contributed by atoms with Crippen molar-refractivity contribution in [2.75, 3.05) is 37.7 Å². The van der Waals surface area contributed by atoms with E-state index in [9.17, 15) is 9.18 Å². The first-order valence-electron chi connectivity index (χ1n) is 12.8. The molecule has 0 radical (unpaired) electrons. The van der Waals surface area contributed by atoms with Gasteiger partial charge in [0.1, 0.15) is 22.9 Å². The van der Waals surface area contributed by atoms with Gasteiger partial charge in [-0.1, -0.05) is 12.1 Å². The molecule has 0 unspecified atom stereocenters. The van der Waals surface area contributed by atoms with Crippen molar-refractivity contribution < 1.29 is 23.4 Å². The van der Waals surface area contributed by atoms with E-state index in [4.69, 9.17) is 14.2 Å². The lowest BCUT2D eigenvalue weighted by molar-refractivity contribution is -0.00100. The van der Waals surface area contributed by atoms with E-state index in [1.165, 1.54) is 12.1 Å². The smallest absolute Gasteiger partial charge is 0.415 e. The lowest BCUT2D eigenvalue weighted by Crippen LogP contribution is -2.46. The molecule has 7 nitrogen and oxygen atoms in total. The molecule has 1 spiro atoms. The Labute approximate surface area is 216 Å². The molecule has 0 N–H and O–H groups in total. The molecule has 2 aliphatic heterocycles. The van der Waals surface area contributed by atoms with Gasteiger partial charge in [0.2, 0.25) is 0 Å². The Morgan fingerprint density at radius 3 is 2.30 bits per heavy atom. The van der Waals surface area contributed by atoms with Gasteiger partial charge in [0.15, 0.2) is 0 Å². The van der Waals surface area contributed by atoms with Crippen molar-refractivity contribution in [2.45, 2.75) is 38.8 Å². The number of amides is 1. The number of piperidine rings is 1. The van der Waals surface area contributed by atoms with Crippen LogP contribution in [0.25, 0.3) is 11.1 Å². The number of anilines is 1. The summed E-state index contributed by atoms with van der Waals surface area (Å²) in [7, 11) is 0. The van der Waals surface area contributed by atoms with Gasteiger partial charge in [-0.25, -0.2) is 9.18 Å². The molecule has 2 aromatic carbocycles. The minimum atomic E-state index is -0.469. The first-order valence-corrected chi connectivity index (χ1v) is 12.8. The summed E-state index contributed by atoms with van der Waals surface area (Å²) in [5.74, 6) is 1.16. The van der Waals surface area contributed by atoms with Gasteiger partial charge < -0.3 is 14.2 Å². The maximum atomic E-state index is 13.6. The van der Waals surface area contributed by atoms with Crippen molar-refractivity contribution in [3.05, 3.63) is 72.3 Å². The quantitative estimate of drug-likeness (QED) is 0.393. The molecule has 2 aliphatic rings. The van der Waals surface area contributed by atoms with Gasteiger partial charge in [0.25, 0.3) is 0 Å². The third-order valence-electron chi connectivity index (χ3n) is 6.96. The van der Waals surface area contributed by atoms with Gasteiger partial charge in [0.05, 0.1) is 37.2 Å². The number of rotatable bonds is 8. The summed E-state index contributed by atoms with van der Waals surface area (Å²) in [4.78, 5) is 20.8. The Hall–Kier alpha value is -3.65. The summed E-state index contributed by atoms with van der Waals surface area (Å²) < 4.78 is 31.5. The van der Waals surface area contributed by atoms with Gasteiger partial charge in [-0.05, 0) is 61.4 Å². The number of carbonyl (C=O) groups excluding carboxylic acids is 1. The number of nitrogens with zero attached hydrogens (tertiary/aromatic N) is 3. The highest BCUT2D eigenvalue weighted by molar-refractivity contribution is 5.90. The molecular formula is C29H32FN3O4. The number of likely N-dealkylation sites (tertiary alicyclic amines) is 1. The minimum Gasteiger partial charge on any atom is -0.493 e. The summed E-state index contributed by atoms with van der Waals surface area (Å²) in [5.41, 5.74) is 3.05. The van der Waals surface area contributed by atoms with E-state index < -0.39 is 5.60 Å². The second-order valence-electron chi connectivity index (χ2n) is 9.46. The highest BCUT2D eigenvalue weighted by Crippen LogP contribution is 2.41. The van der Waals surface area contributed by atoms with Crippen LogP contribution in [0.1, 0.15) is 32.3 Å². The zero-order chi connectivity index (χ0) is 25.8. The zero-order valence-electron chi connectivity index (χ0n) is 21.3. The molecule has 194 valence electrons. The van der Waals surface area contributed by atoms with Crippen molar-refractivity contribution in [3.63, 3.8) is 0 Å². The lowest BCUT2D eigenvalue weighted by Gasteiger charge is -2.37. The summed E-state index contributed by atoms with van der Waals surface area (Å²) in [5, 5.41) is 0. The van der Waals surface area contributed by atoms with Gasteiger partial charge in [-0.3, -0.25) is 14.8 Å². The van der Waals surface area contributed by atoms with Crippen LogP contribution in [0.5, 0.6) is 11.5 Å². The predicted octanol–water partition coefficient (Wildman–Crippen LogP) is 5.68. The fourth-order valence-corrected chi connectivity index (χ4v) is 5.15. The summed E-state index contributed by atoms with van der Waals surface area (Å²) in [6.07, 6.45) is 4.61. The maximum absolute atomic E-state index is 13.6. The average Bonchev–Trinajstić information content (AvgIpc) is 3.23. The van der Waals surface area contributed by atoms with Crippen molar-refractivity contribution in [1.82, 2.24) is 9.88 Å². The average molecular weight is 506 g/mol. The number of aromatic nitrogens is 1. The normalized spacial score (nSPS) is 17.2. The molecular weight excluding hydrogens is 473 g/mol. The molecule has 3 heterocycles. The van der Waals surface area contributed by atoms with Crippen LogP contribution in [0.2, 0.25) is 0 Å². The highest BCUT2D eigenvalue weighted by atomic mass is 19.1. The van der Waals surface area contributed by atoms with Crippen LogP contribution < -0.4 is 14.4 Å². The number of carbonyl (C=O) groups is 1. The molecule has 37 heavy (non-hydrogen) atoms. The Morgan fingerprint density at radius 1 is 1.03 bits per heavy atom. The number of pyridine rings is 1. The van der Waals surface area contributed by atoms with Crippen LogP contribution in [-0.4, -0.2) is 54.4 Å². The number of ether oxygens (including phenoxy) is 3. The molecule has 0 bridgehead atoms. The Balaban J connectivity index is 1.31. The first kappa shape index (κ1) is 25.0. The van der Waals surface area contributed by atoms with Crippen LogP contribution in [0.4, 0.5) is 14.9 Å². The first-order chi connectivity index (χ1) is 18.0. The van der Waals surface area contributed by atoms with Gasteiger partial charge in [0, 0.05) is 38.7 Å². The third-order valence-corrected chi connectivity index (χ3v) is 6.96. The predicted molar refractivity (Wildman–Crippen MR) is 139 cm³/mol. The number of halogens is 1. The Bertz CT molecular complexity index is 1200. The highest BCUT2D eigenvalue weighted by Gasteiger charge is 2.47.